The number of ether oxygens (including phenoxy) is 1. The van der Waals surface area contributed by atoms with Crippen LogP contribution in [0.5, 0.6) is 5.75 Å². The van der Waals surface area contributed by atoms with Crippen molar-refractivity contribution in [2.75, 3.05) is 26.7 Å². The SMILES string of the molecule is COc1cccc(C2CN(CCCN)C(=O)N2)c1. The molecular formula is C13H19N3O2. The Morgan fingerprint density at radius 2 is 2.39 bits per heavy atom. The Labute approximate surface area is 107 Å². The van der Waals surface area contributed by atoms with E-state index < -0.39 is 0 Å². The van der Waals surface area contributed by atoms with Crippen molar-refractivity contribution in [1.29, 1.82) is 0 Å². The Morgan fingerprint density at radius 3 is 3.11 bits per heavy atom. The molecular weight excluding hydrogens is 230 g/mol. The lowest BCUT2D eigenvalue weighted by molar-refractivity contribution is 0.217. The lowest BCUT2D eigenvalue weighted by Gasteiger charge is -2.14. The molecule has 0 radical (unpaired) electrons. The standard InChI is InChI=1S/C13H19N3O2/c1-18-11-5-2-4-10(8-11)12-9-16(7-3-6-14)13(17)15-12/h2,4-5,8,12H,3,6-7,9,14H2,1H3,(H,15,17). The molecule has 98 valence electrons. The van der Waals surface area contributed by atoms with Crippen molar-refractivity contribution in [3.8, 4) is 5.75 Å². The van der Waals surface area contributed by atoms with Gasteiger partial charge in [-0.15, -0.1) is 0 Å². The van der Waals surface area contributed by atoms with Crippen LogP contribution in [0.3, 0.4) is 0 Å². The third-order valence-electron chi connectivity index (χ3n) is 3.12. The van der Waals surface area contributed by atoms with Gasteiger partial charge in [0.1, 0.15) is 5.75 Å². The van der Waals surface area contributed by atoms with Crippen LogP contribution in [-0.4, -0.2) is 37.7 Å². The molecule has 2 amide bonds. The van der Waals surface area contributed by atoms with Crippen molar-refractivity contribution in [3.63, 3.8) is 0 Å². The van der Waals surface area contributed by atoms with Crippen LogP contribution in [0, 0.1) is 0 Å². The second-order valence-electron chi connectivity index (χ2n) is 4.37. The smallest absolute Gasteiger partial charge is 0.318 e. The summed E-state index contributed by atoms with van der Waals surface area (Å²) in [6.45, 7) is 2.00. The van der Waals surface area contributed by atoms with Crippen molar-refractivity contribution < 1.29 is 9.53 Å². The number of amides is 2. The molecule has 1 aromatic rings. The zero-order chi connectivity index (χ0) is 13.0. The normalized spacial score (nSPS) is 18.9. The van der Waals surface area contributed by atoms with Crippen LogP contribution < -0.4 is 15.8 Å². The first-order chi connectivity index (χ1) is 8.74. The molecule has 1 aliphatic rings. The molecule has 1 fully saturated rings. The fourth-order valence-corrected chi connectivity index (χ4v) is 2.11. The average Bonchev–Trinajstić information content (AvgIpc) is 2.78. The van der Waals surface area contributed by atoms with Gasteiger partial charge >= 0.3 is 6.03 Å². The summed E-state index contributed by atoms with van der Waals surface area (Å²) < 4.78 is 5.19. The Hall–Kier alpha value is -1.75. The van der Waals surface area contributed by atoms with Crippen LogP contribution in [0.15, 0.2) is 24.3 Å². The minimum atomic E-state index is -0.0173. The largest absolute Gasteiger partial charge is 0.497 e. The van der Waals surface area contributed by atoms with Gasteiger partial charge in [-0.1, -0.05) is 12.1 Å². The number of rotatable bonds is 5. The third kappa shape index (κ3) is 2.73. The Bertz CT molecular complexity index is 422. The maximum atomic E-state index is 11.8. The van der Waals surface area contributed by atoms with Crippen molar-refractivity contribution in [3.05, 3.63) is 29.8 Å². The number of carbonyl (C=O) groups excluding carboxylic acids is 1. The van der Waals surface area contributed by atoms with E-state index in [4.69, 9.17) is 10.5 Å². The minimum Gasteiger partial charge on any atom is -0.497 e. The van der Waals surface area contributed by atoms with Gasteiger partial charge in [0.15, 0.2) is 0 Å². The molecule has 1 heterocycles. The highest BCUT2D eigenvalue weighted by molar-refractivity contribution is 5.77. The Kier molecular flexibility index (Phi) is 4.04. The minimum absolute atomic E-state index is 0.0173. The van der Waals surface area contributed by atoms with Gasteiger partial charge in [-0.05, 0) is 30.7 Å². The molecule has 0 bridgehead atoms. The molecule has 2 rings (SSSR count). The highest BCUT2D eigenvalue weighted by Crippen LogP contribution is 2.23. The number of methoxy groups -OCH3 is 1. The van der Waals surface area contributed by atoms with Crippen molar-refractivity contribution in [2.24, 2.45) is 5.73 Å². The van der Waals surface area contributed by atoms with E-state index in [-0.39, 0.29) is 12.1 Å². The first-order valence-corrected chi connectivity index (χ1v) is 6.14. The number of urea groups is 1. The van der Waals surface area contributed by atoms with E-state index in [2.05, 4.69) is 5.32 Å². The van der Waals surface area contributed by atoms with Crippen LogP contribution in [0.4, 0.5) is 4.79 Å². The Balaban J connectivity index is 2.04. The van der Waals surface area contributed by atoms with Gasteiger partial charge in [0.25, 0.3) is 0 Å². The second-order valence-corrected chi connectivity index (χ2v) is 4.37. The summed E-state index contributed by atoms with van der Waals surface area (Å²) in [5, 5.41) is 2.97. The number of hydrogen-bond acceptors (Lipinski definition) is 3. The first kappa shape index (κ1) is 12.7. The van der Waals surface area contributed by atoms with E-state index >= 15 is 0 Å². The molecule has 1 aliphatic heterocycles. The summed E-state index contributed by atoms with van der Waals surface area (Å²) in [4.78, 5) is 13.6. The van der Waals surface area contributed by atoms with Crippen molar-refractivity contribution in [2.45, 2.75) is 12.5 Å². The third-order valence-corrected chi connectivity index (χ3v) is 3.12. The molecule has 3 N–H and O–H groups in total. The van der Waals surface area contributed by atoms with Gasteiger partial charge in [0.2, 0.25) is 0 Å². The number of nitrogens with one attached hydrogen (secondary N) is 1. The van der Waals surface area contributed by atoms with Gasteiger partial charge in [-0.2, -0.15) is 0 Å². The molecule has 18 heavy (non-hydrogen) atoms. The summed E-state index contributed by atoms with van der Waals surface area (Å²) in [6, 6.07) is 7.80. The molecule has 1 atom stereocenters. The average molecular weight is 249 g/mol. The second kappa shape index (κ2) is 5.73. The zero-order valence-electron chi connectivity index (χ0n) is 10.6. The highest BCUT2D eigenvalue weighted by atomic mass is 16.5. The van der Waals surface area contributed by atoms with Gasteiger partial charge in [-0.25, -0.2) is 4.79 Å². The van der Waals surface area contributed by atoms with E-state index in [0.717, 1.165) is 17.7 Å². The Morgan fingerprint density at radius 1 is 1.56 bits per heavy atom. The van der Waals surface area contributed by atoms with Crippen molar-refractivity contribution >= 4 is 6.03 Å². The zero-order valence-corrected chi connectivity index (χ0v) is 10.6. The van der Waals surface area contributed by atoms with E-state index in [1.54, 1.807) is 12.0 Å². The molecule has 1 saturated heterocycles. The quantitative estimate of drug-likeness (QED) is 0.821. The fourth-order valence-electron chi connectivity index (χ4n) is 2.11. The highest BCUT2D eigenvalue weighted by Gasteiger charge is 2.29. The van der Waals surface area contributed by atoms with Crippen LogP contribution in [0.25, 0.3) is 0 Å². The summed E-state index contributed by atoms with van der Waals surface area (Å²) in [5.74, 6) is 0.808. The molecule has 0 aliphatic carbocycles. The summed E-state index contributed by atoms with van der Waals surface area (Å²) in [6.07, 6.45) is 0.832. The topological polar surface area (TPSA) is 67.6 Å². The summed E-state index contributed by atoms with van der Waals surface area (Å²) >= 11 is 0. The first-order valence-electron chi connectivity index (χ1n) is 6.14. The van der Waals surface area contributed by atoms with E-state index in [9.17, 15) is 4.79 Å². The number of benzene rings is 1. The number of carbonyl (C=O) groups is 1. The molecule has 0 aromatic heterocycles. The van der Waals surface area contributed by atoms with Crippen LogP contribution in [0.2, 0.25) is 0 Å². The summed E-state index contributed by atoms with van der Waals surface area (Å²) in [7, 11) is 1.64. The predicted octanol–water partition coefficient (Wildman–Crippen LogP) is 1.11. The molecule has 5 heteroatoms. The van der Waals surface area contributed by atoms with E-state index in [0.29, 0.717) is 19.6 Å². The fraction of sp³-hybridized carbons (Fsp3) is 0.462. The van der Waals surface area contributed by atoms with Gasteiger partial charge in [0, 0.05) is 13.1 Å². The van der Waals surface area contributed by atoms with Crippen molar-refractivity contribution in [1.82, 2.24) is 10.2 Å². The number of nitrogens with zero attached hydrogens (tertiary/aromatic N) is 1. The molecule has 1 aromatic carbocycles. The lowest BCUT2D eigenvalue weighted by Crippen LogP contribution is -2.30. The van der Waals surface area contributed by atoms with E-state index in [1.807, 2.05) is 24.3 Å². The molecule has 1 unspecified atom stereocenters. The molecule has 0 saturated carbocycles. The predicted molar refractivity (Wildman–Crippen MR) is 69.5 cm³/mol. The van der Waals surface area contributed by atoms with Gasteiger partial charge < -0.3 is 20.7 Å². The summed E-state index contributed by atoms with van der Waals surface area (Å²) in [5.41, 5.74) is 6.53. The van der Waals surface area contributed by atoms with Crippen LogP contribution in [0.1, 0.15) is 18.0 Å². The number of hydrogen-bond donors (Lipinski definition) is 2. The molecule has 0 spiro atoms. The molecule has 5 nitrogen and oxygen atoms in total. The maximum absolute atomic E-state index is 11.8. The van der Waals surface area contributed by atoms with Gasteiger partial charge in [-0.3, -0.25) is 0 Å². The van der Waals surface area contributed by atoms with Crippen LogP contribution >= 0.6 is 0 Å². The number of nitrogens with two attached hydrogens (primary N) is 1. The van der Waals surface area contributed by atoms with E-state index in [1.165, 1.54) is 0 Å². The monoisotopic (exact) mass is 249 g/mol. The van der Waals surface area contributed by atoms with Crippen LogP contribution in [-0.2, 0) is 0 Å². The maximum Gasteiger partial charge on any atom is 0.318 e. The lowest BCUT2D eigenvalue weighted by atomic mass is 10.1. The van der Waals surface area contributed by atoms with Gasteiger partial charge in [0.05, 0.1) is 13.2 Å².